The van der Waals surface area contributed by atoms with E-state index in [1.807, 2.05) is 6.20 Å². The van der Waals surface area contributed by atoms with Crippen molar-refractivity contribution < 1.29 is 9.18 Å². The summed E-state index contributed by atoms with van der Waals surface area (Å²) >= 11 is 1.51. The quantitative estimate of drug-likeness (QED) is 0.912. The number of halogens is 1. The molecule has 0 atom stereocenters. The number of aromatic nitrogens is 1. The van der Waals surface area contributed by atoms with Gasteiger partial charge in [-0.15, -0.1) is 11.3 Å². The maximum atomic E-state index is 13.5. The Labute approximate surface area is 132 Å². The molecule has 0 saturated carbocycles. The van der Waals surface area contributed by atoms with Crippen molar-refractivity contribution in [1.29, 1.82) is 0 Å². The molecular formula is C16H18FN3OS. The minimum atomic E-state index is -0.373. The minimum absolute atomic E-state index is 0.307. The average Bonchev–Trinajstić information content (AvgIpc) is 2.99. The lowest BCUT2D eigenvalue weighted by molar-refractivity contribution is 0.102. The maximum absolute atomic E-state index is 13.5. The number of hydrogen-bond acceptors (Lipinski definition) is 4. The van der Waals surface area contributed by atoms with Crippen LogP contribution in [-0.4, -0.2) is 24.0 Å². The highest BCUT2D eigenvalue weighted by molar-refractivity contribution is 7.15. The predicted molar refractivity (Wildman–Crippen MR) is 86.0 cm³/mol. The molecule has 0 spiro atoms. The number of hydrogen-bond donors (Lipinski definition) is 2. The summed E-state index contributed by atoms with van der Waals surface area (Å²) in [6, 6.07) is 4.48. The number of nitrogens with one attached hydrogen (secondary N) is 2. The van der Waals surface area contributed by atoms with E-state index in [0.29, 0.717) is 22.2 Å². The summed E-state index contributed by atoms with van der Waals surface area (Å²) in [5.41, 5.74) is 0.834. The number of carbonyl (C=O) groups is 1. The lowest BCUT2D eigenvalue weighted by Crippen LogP contribution is -2.26. The van der Waals surface area contributed by atoms with E-state index in [2.05, 4.69) is 15.6 Å². The molecule has 3 rings (SSSR count). The van der Waals surface area contributed by atoms with E-state index < -0.39 is 0 Å². The van der Waals surface area contributed by atoms with Gasteiger partial charge in [-0.25, -0.2) is 9.37 Å². The first-order chi connectivity index (χ1) is 10.6. The summed E-state index contributed by atoms with van der Waals surface area (Å²) in [6.07, 6.45) is 4.03. The maximum Gasteiger partial charge on any atom is 0.257 e. The fraction of sp³-hybridized carbons (Fsp3) is 0.375. The summed E-state index contributed by atoms with van der Waals surface area (Å²) in [7, 11) is 0. The molecule has 1 saturated heterocycles. The third-order valence-electron chi connectivity index (χ3n) is 3.92. The smallest absolute Gasteiger partial charge is 0.257 e. The second kappa shape index (κ2) is 6.54. The molecule has 116 valence electrons. The number of rotatable bonds is 3. The zero-order valence-electron chi connectivity index (χ0n) is 12.4. The van der Waals surface area contributed by atoms with Crippen molar-refractivity contribution in [1.82, 2.24) is 10.3 Å². The number of carbonyl (C=O) groups excluding carboxylic acids is 1. The van der Waals surface area contributed by atoms with E-state index in [0.717, 1.165) is 25.9 Å². The van der Waals surface area contributed by atoms with Crippen LogP contribution in [0.25, 0.3) is 0 Å². The SMILES string of the molecule is Cc1ccc(C(=O)Nc2ncc(C3CCNCC3)s2)cc1F. The number of amides is 1. The molecule has 2 N–H and O–H groups in total. The molecule has 1 amide bonds. The van der Waals surface area contributed by atoms with Gasteiger partial charge in [0.2, 0.25) is 0 Å². The number of nitrogens with zero attached hydrogens (tertiary/aromatic N) is 1. The highest BCUT2D eigenvalue weighted by Crippen LogP contribution is 2.31. The van der Waals surface area contributed by atoms with Gasteiger partial charge in [-0.05, 0) is 56.5 Å². The predicted octanol–water partition coefficient (Wildman–Crippen LogP) is 3.31. The summed E-state index contributed by atoms with van der Waals surface area (Å²) in [5, 5.41) is 6.65. The Morgan fingerprint density at radius 3 is 2.91 bits per heavy atom. The van der Waals surface area contributed by atoms with Crippen molar-refractivity contribution in [2.45, 2.75) is 25.7 Å². The van der Waals surface area contributed by atoms with E-state index in [1.165, 1.54) is 22.3 Å². The van der Waals surface area contributed by atoms with Gasteiger partial charge in [-0.2, -0.15) is 0 Å². The number of piperidine rings is 1. The number of anilines is 1. The highest BCUT2D eigenvalue weighted by Gasteiger charge is 2.18. The Bertz CT molecular complexity index is 680. The first-order valence-corrected chi connectivity index (χ1v) is 8.19. The molecule has 22 heavy (non-hydrogen) atoms. The summed E-state index contributed by atoms with van der Waals surface area (Å²) < 4.78 is 13.5. The number of aryl methyl sites for hydroxylation is 1. The Morgan fingerprint density at radius 2 is 2.18 bits per heavy atom. The monoisotopic (exact) mass is 319 g/mol. The third kappa shape index (κ3) is 3.34. The van der Waals surface area contributed by atoms with Gasteiger partial charge >= 0.3 is 0 Å². The molecule has 1 aromatic heterocycles. The van der Waals surface area contributed by atoms with Gasteiger partial charge in [0.05, 0.1) is 0 Å². The van der Waals surface area contributed by atoms with Gasteiger partial charge in [-0.1, -0.05) is 6.07 Å². The Hall–Kier alpha value is -1.79. The van der Waals surface area contributed by atoms with Crippen molar-refractivity contribution in [3.8, 4) is 0 Å². The van der Waals surface area contributed by atoms with Gasteiger partial charge in [0.15, 0.2) is 5.13 Å². The van der Waals surface area contributed by atoms with Crippen molar-refractivity contribution in [3.63, 3.8) is 0 Å². The fourth-order valence-corrected chi connectivity index (χ4v) is 3.52. The Balaban J connectivity index is 1.68. The first kappa shape index (κ1) is 15.1. The van der Waals surface area contributed by atoms with Crippen LogP contribution in [0.3, 0.4) is 0 Å². The Morgan fingerprint density at radius 1 is 1.41 bits per heavy atom. The topological polar surface area (TPSA) is 54.0 Å². The normalized spacial score (nSPS) is 15.7. The van der Waals surface area contributed by atoms with Crippen molar-refractivity contribution in [2.75, 3.05) is 18.4 Å². The van der Waals surface area contributed by atoms with Crippen molar-refractivity contribution in [2.24, 2.45) is 0 Å². The van der Waals surface area contributed by atoms with Crippen LogP contribution in [0, 0.1) is 12.7 Å². The minimum Gasteiger partial charge on any atom is -0.317 e. The molecule has 6 heteroatoms. The van der Waals surface area contributed by atoms with Crippen LogP contribution in [0.2, 0.25) is 0 Å². The van der Waals surface area contributed by atoms with Crippen molar-refractivity contribution in [3.05, 3.63) is 46.2 Å². The average molecular weight is 319 g/mol. The standard InChI is InChI=1S/C16H18FN3OS/c1-10-2-3-12(8-13(10)17)15(21)20-16-19-9-14(22-16)11-4-6-18-7-5-11/h2-3,8-9,11,18H,4-7H2,1H3,(H,19,20,21). The van der Waals surface area contributed by atoms with E-state index in [-0.39, 0.29) is 11.7 Å². The van der Waals surface area contributed by atoms with Crippen LogP contribution in [-0.2, 0) is 0 Å². The van der Waals surface area contributed by atoms with Crippen LogP contribution in [0.5, 0.6) is 0 Å². The van der Waals surface area contributed by atoms with Crippen LogP contribution in [0.4, 0.5) is 9.52 Å². The van der Waals surface area contributed by atoms with Crippen LogP contribution >= 0.6 is 11.3 Å². The van der Waals surface area contributed by atoms with Crippen molar-refractivity contribution >= 4 is 22.4 Å². The van der Waals surface area contributed by atoms with E-state index in [9.17, 15) is 9.18 Å². The molecule has 4 nitrogen and oxygen atoms in total. The second-order valence-corrected chi connectivity index (χ2v) is 6.57. The summed E-state index contributed by atoms with van der Waals surface area (Å²) in [4.78, 5) is 17.6. The molecular weight excluding hydrogens is 301 g/mol. The van der Waals surface area contributed by atoms with Crippen LogP contribution in [0.15, 0.2) is 24.4 Å². The molecule has 0 unspecified atom stereocenters. The van der Waals surface area contributed by atoms with Gasteiger partial charge in [-0.3, -0.25) is 10.1 Å². The molecule has 1 fully saturated rings. The molecule has 1 aromatic carbocycles. The van der Waals surface area contributed by atoms with Gasteiger partial charge in [0.1, 0.15) is 5.82 Å². The Kier molecular flexibility index (Phi) is 4.49. The highest BCUT2D eigenvalue weighted by atomic mass is 32.1. The number of benzene rings is 1. The zero-order valence-corrected chi connectivity index (χ0v) is 13.2. The van der Waals surface area contributed by atoms with Gasteiger partial charge < -0.3 is 5.32 Å². The van der Waals surface area contributed by atoms with Crippen LogP contribution < -0.4 is 10.6 Å². The largest absolute Gasteiger partial charge is 0.317 e. The fourth-order valence-electron chi connectivity index (χ4n) is 2.54. The van der Waals surface area contributed by atoms with E-state index >= 15 is 0 Å². The molecule has 0 aliphatic carbocycles. The third-order valence-corrected chi connectivity index (χ3v) is 4.99. The second-order valence-electron chi connectivity index (χ2n) is 5.51. The summed E-state index contributed by atoms with van der Waals surface area (Å²) in [5.74, 6) is -0.187. The molecule has 1 aliphatic heterocycles. The van der Waals surface area contributed by atoms with E-state index in [1.54, 1.807) is 19.1 Å². The molecule has 2 heterocycles. The van der Waals surface area contributed by atoms with Gasteiger partial charge in [0.25, 0.3) is 5.91 Å². The molecule has 0 radical (unpaired) electrons. The van der Waals surface area contributed by atoms with Gasteiger partial charge in [0, 0.05) is 16.6 Å². The first-order valence-electron chi connectivity index (χ1n) is 7.37. The van der Waals surface area contributed by atoms with Crippen LogP contribution in [0.1, 0.15) is 39.6 Å². The van der Waals surface area contributed by atoms with E-state index in [4.69, 9.17) is 0 Å². The molecule has 1 aliphatic rings. The lowest BCUT2D eigenvalue weighted by Gasteiger charge is -2.20. The summed E-state index contributed by atoms with van der Waals surface area (Å²) in [6.45, 7) is 3.71. The molecule has 0 bridgehead atoms. The molecule has 2 aromatic rings. The zero-order chi connectivity index (χ0) is 15.5. The lowest BCUT2D eigenvalue weighted by atomic mass is 9.97. The number of thiazole rings is 1.